The predicted molar refractivity (Wildman–Crippen MR) is 200 cm³/mol. The molecule has 0 spiro atoms. The van der Waals surface area contributed by atoms with E-state index in [1.807, 2.05) is 60.7 Å². The lowest BCUT2D eigenvalue weighted by molar-refractivity contribution is -0.116. The molecular formula is C40H64N2O6Si. The number of hydrogen-bond acceptors (Lipinski definition) is 6. The predicted octanol–water partition coefficient (Wildman–Crippen LogP) is 10.9. The fourth-order valence-corrected chi connectivity index (χ4v) is 6.78. The van der Waals surface area contributed by atoms with E-state index in [1.165, 1.54) is 64.2 Å². The molecule has 0 fully saturated rings. The highest BCUT2D eigenvalue weighted by Gasteiger charge is 2.43. The fraction of sp³-hybridized carbons (Fsp3) is 0.625. The molecule has 0 unspecified atom stereocenters. The summed E-state index contributed by atoms with van der Waals surface area (Å²) >= 11 is 0. The van der Waals surface area contributed by atoms with E-state index in [0.717, 1.165) is 35.4 Å². The molecule has 2 aromatic rings. The third kappa shape index (κ3) is 16.9. The molecule has 2 aromatic carbocycles. The van der Waals surface area contributed by atoms with Crippen LogP contribution < -0.4 is 5.43 Å². The molecule has 0 bridgehead atoms. The van der Waals surface area contributed by atoms with E-state index in [2.05, 4.69) is 46.2 Å². The van der Waals surface area contributed by atoms with E-state index >= 15 is 0 Å². The highest BCUT2D eigenvalue weighted by atomic mass is 28.4. The maximum absolute atomic E-state index is 13.6. The Hall–Kier alpha value is -3.17. The number of rotatable bonds is 23. The van der Waals surface area contributed by atoms with Crippen molar-refractivity contribution in [2.75, 3.05) is 0 Å². The van der Waals surface area contributed by atoms with Gasteiger partial charge in [0.25, 0.3) is 0 Å². The first-order valence-corrected chi connectivity index (χ1v) is 21.5. The van der Waals surface area contributed by atoms with Gasteiger partial charge in [0.15, 0.2) is 8.32 Å². The number of carbonyl (C=O) groups excluding carboxylic acids is 3. The van der Waals surface area contributed by atoms with E-state index < -0.39 is 32.6 Å². The lowest BCUT2D eigenvalue weighted by Gasteiger charge is -2.42. The van der Waals surface area contributed by atoms with Crippen LogP contribution in [0.5, 0.6) is 0 Å². The van der Waals surface area contributed by atoms with Crippen molar-refractivity contribution in [1.29, 1.82) is 0 Å². The van der Waals surface area contributed by atoms with Gasteiger partial charge in [0.2, 0.25) is 0 Å². The Bertz CT molecular complexity index is 1190. The van der Waals surface area contributed by atoms with Crippen molar-refractivity contribution in [2.24, 2.45) is 0 Å². The first kappa shape index (κ1) is 42.0. The average Bonchev–Trinajstić information content (AvgIpc) is 3.08. The second kappa shape index (κ2) is 23.3. The van der Waals surface area contributed by atoms with Crippen molar-refractivity contribution in [1.82, 2.24) is 10.4 Å². The molecule has 49 heavy (non-hydrogen) atoms. The zero-order valence-electron chi connectivity index (χ0n) is 31.2. The summed E-state index contributed by atoms with van der Waals surface area (Å²) in [7, 11) is -2.38. The van der Waals surface area contributed by atoms with Crippen molar-refractivity contribution < 1.29 is 28.3 Å². The summed E-state index contributed by atoms with van der Waals surface area (Å²) in [6, 6.07) is 17.4. The normalized spacial score (nSPS) is 12.9. The molecule has 9 heteroatoms. The number of amides is 2. The van der Waals surface area contributed by atoms with Gasteiger partial charge in [-0.05, 0) is 35.7 Å². The van der Waals surface area contributed by atoms with Crippen LogP contribution in [0.4, 0.5) is 9.59 Å². The fourth-order valence-electron chi connectivity index (χ4n) is 5.42. The quantitative estimate of drug-likeness (QED) is 0.0538. The van der Waals surface area contributed by atoms with Gasteiger partial charge in [0.1, 0.15) is 25.5 Å². The summed E-state index contributed by atoms with van der Waals surface area (Å²) < 4.78 is 17.9. The van der Waals surface area contributed by atoms with Crippen LogP contribution in [-0.2, 0) is 31.9 Å². The Labute approximate surface area is 297 Å². The Morgan fingerprint density at radius 3 is 1.63 bits per heavy atom. The Morgan fingerprint density at radius 2 is 1.18 bits per heavy atom. The minimum atomic E-state index is -2.38. The summed E-state index contributed by atoms with van der Waals surface area (Å²) in [5.74, 6) is 0. The molecule has 2 atom stereocenters. The van der Waals surface area contributed by atoms with Gasteiger partial charge in [-0.15, -0.1) is 0 Å². The maximum atomic E-state index is 13.6. The smallest absolute Gasteiger partial charge is 0.429 e. The molecule has 8 nitrogen and oxygen atoms in total. The largest absolute Gasteiger partial charge is 0.443 e. The number of nitrogens with zero attached hydrogens (tertiary/aromatic N) is 1. The lowest BCUT2D eigenvalue weighted by Crippen LogP contribution is -2.59. The van der Waals surface area contributed by atoms with Crippen molar-refractivity contribution in [3.05, 3.63) is 71.8 Å². The van der Waals surface area contributed by atoms with Crippen molar-refractivity contribution in [3.63, 3.8) is 0 Å². The molecule has 2 amide bonds. The Morgan fingerprint density at radius 1 is 0.735 bits per heavy atom. The highest BCUT2D eigenvalue weighted by molar-refractivity contribution is 6.74. The molecule has 0 saturated carbocycles. The molecule has 0 aliphatic carbocycles. The summed E-state index contributed by atoms with van der Waals surface area (Å²) in [5, 5.41) is 0.832. The van der Waals surface area contributed by atoms with Crippen LogP contribution in [0.25, 0.3) is 0 Å². The molecule has 0 saturated heterocycles. The monoisotopic (exact) mass is 696 g/mol. The van der Waals surface area contributed by atoms with E-state index in [0.29, 0.717) is 12.7 Å². The van der Waals surface area contributed by atoms with Gasteiger partial charge in [0.05, 0.1) is 6.10 Å². The number of ether oxygens (including phenoxy) is 2. The minimum Gasteiger partial charge on any atom is -0.443 e. The summed E-state index contributed by atoms with van der Waals surface area (Å²) in [6.45, 7) is 12.9. The van der Waals surface area contributed by atoms with Crippen molar-refractivity contribution >= 4 is 26.8 Å². The second-order valence-electron chi connectivity index (χ2n) is 14.7. The maximum Gasteiger partial charge on any atom is 0.429 e. The number of benzene rings is 2. The van der Waals surface area contributed by atoms with Gasteiger partial charge in [-0.3, -0.25) is 0 Å². The molecule has 274 valence electrons. The van der Waals surface area contributed by atoms with Crippen LogP contribution in [-0.4, -0.2) is 43.9 Å². The van der Waals surface area contributed by atoms with Crippen molar-refractivity contribution in [2.45, 2.75) is 161 Å². The Kier molecular flexibility index (Phi) is 19.9. The number of unbranched alkanes of at least 4 members (excludes halogenated alkanes) is 12. The van der Waals surface area contributed by atoms with Gasteiger partial charge in [-0.2, -0.15) is 0 Å². The molecule has 1 N–H and O–H groups in total. The number of nitrogens with one attached hydrogen (secondary N) is 1. The van der Waals surface area contributed by atoms with E-state index in [9.17, 15) is 14.4 Å². The van der Waals surface area contributed by atoms with E-state index in [-0.39, 0.29) is 18.3 Å². The van der Waals surface area contributed by atoms with Gasteiger partial charge in [-0.25, -0.2) is 20.0 Å². The highest BCUT2D eigenvalue weighted by Crippen LogP contribution is 2.38. The lowest BCUT2D eigenvalue weighted by atomic mass is 10.0. The summed E-state index contributed by atoms with van der Waals surface area (Å²) in [6.07, 6.45) is 14.9. The van der Waals surface area contributed by atoms with Crippen LogP contribution in [0, 0.1) is 0 Å². The average molecular weight is 697 g/mol. The van der Waals surface area contributed by atoms with Crippen molar-refractivity contribution in [3.8, 4) is 0 Å². The van der Waals surface area contributed by atoms with Gasteiger partial charge < -0.3 is 18.7 Å². The van der Waals surface area contributed by atoms with Crippen LogP contribution in [0.1, 0.15) is 129 Å². The number of carbonyl (C=O) groups is 3. The molecule has 2 rings (SSSR count). The first-order chi connectivity index (χ1) is 23.5. The number of aldehydes is 1. The molecule has 0 radical (unpaired) electrons. The zero-order chi connectivity index (χ0) is 36.0. The van der Waals surface area contributed by atoms with E-state index in [4.69, 9.17) is 13.9 Å². The molecule has 0 aliphatic heterocycles. The number of hydrogen-bond donors (Lipinski definition) is 1. The van der Waals surface area contributed by atoms with E-state index in [1.54, 1.807) is 0 Å². The summed E-state index contributed by atoms with van der Waals surface area (Å²) in [5.41, 5.74) is 4.11. The topological polar surface area (TPSA) is 94.2 Å². The second-order valence-corrected chi connectivity index (χ2v) is 19.4. The third-order valence-corrected chi connectivity index (χ3v) is 14.0. The van der Waals surface area contributed by atoms with Crippen LogP contribution in [0.3, 0.4) is 0 Å². The zero-order valence-corrected chi connectivity index (χ0v) is 32.2. The van der Waals surface area contributed by atoms with Gasteiger partial charge in [-0.1, -0.05) is 172 Å². The number of hydrazine groups is 1. The third-order valence-electron chi connectivity index (χ3n) is 9.49. The van der Waals surface area contributed by atoms with Gasteiger partial charge >= 0.3 is 12.2 Å². The summed E-state index contributed by atoms with van der Waals surface area (Å²) in [4.78, 5) is 39.6. The molecule has 0 aromatic heterocycles. The first-order valence-electron chi connectivity index (χ1n) is 18.6. The molecule has 0 aliphatic rings. The van der Waals surface area contributed by atoms with Crippen LogP contribution >= 0.6 is 0 Å². The van der Waals surface area contributed by atoms with Gasteiger partial charge in [0, 0.05) is 0 Å². The minimum absolute atomic E-state index is 0.00812. The SMILES string of the molecule is CCCCCCCCCCCCCCC[C@@H](O[Si](C)(C)C(C)(C)C)[C@H](C=O)N(NC(=O)OCc1ccccc1)C(=O)OCc1ccccc1. The van der Waals surface area contributed by atoms with Crippen LogP contribution in [0.2, 0.25) is 18.1 Å². The standard InChI is InChI=1S/C40H64N2O6Si/c1-7-8-9-10-11-12-13-14-15-16-17-18-25-30-37(48-49(5,6)40(2,3)4)36(31-43)42(39(45)47-33-35-28-23-20-24-29-35)41-38(44)46-32-34-26-21-19-22-27-34/h19-24,26-29,31,36-37H,7-18,25,30,32-33H2,1-6H3,(H,41,44)/t36-,37+/m0/s1. The Balaban J connectivity index is 2.10. The molecule has 0 heterocycles. The molecular weight excluding hydrogens is 633 g/mol. The van der Waals surface area contributed by atoms with Crippen LogP contribution in [0.15, 0.2) is 60.7 Å².